The monoisotopic (exact) mass is 509 g/mol. The molecule has 0 aliphatic carbocycles. The first kappa shape index (κ1) is 24.9. The fourth-order valence-electron chi connectivity index (χ4n) is 4.68. The quantitative estimate of drug-likeness (QED) is 0.381. The first-order valence-electron chi connectivity index (χ1n) is 12.5. The van der Waals surface area contributed by atoms with E-state index in [0.29, 0.717) is 56.4 Å². The van der Waals surface area contributed by atoms with Crippen LogP contribution < -0.4 is 4.90 Å². The summed E-state index contributed by atoms with van der Waals surface area (Å²) in [6.07, 6.45) is 2.95. The number of piperidine rings is 1. The van der Waals surface area contributed by atoms with Gasteiger partial charge in [0.2, 0.25) is 0 Å². The average Bonchev–Trinajstić information content (AvgIpc) is 3.32. The number of nitrogens with zero attached hydrogens (tertiary/aromatic N) is 7. The molecule has 5 rings (SSSR count). The number of nitro groups is 1. The molecule has 2 aliphatic rings. The lowest BCUT2D eigenvalue weighted by molar-refractivity contribution is -0.384. The maximum Gasteiger partial charge on any atom is 0.410 e. The Morgan fingerprint density at radius 2 is 1.76 bits per heavy atom. The van der Waals surface area contributed by atoms with Crippen LogP contribution in [0.5, 0.6) is 0 Å². The van der Waals surface area contributed by atoms with E-state index in [1.807, 2.05) is 25.5 Å². The molecule has 0 unspecified atom stereocenters. The number of rotatable bonds is 4. The topological polar surface area (TPSA) is 129 Å². The minimum atomic E-state index is -0.535. The number of likely N-dealkylation sites (tertiary alicyclic amines) is 1. The molecule has 0 N–H and O–H groups in total. The Balaban J connectivity index is 1.47. The molecule has 2 saturated heterocycles. The maximum atomic E-state index is 12.5. The van der Waals surface area contributed by atoms with Crippen molar-refractivity contribution in [2.24, 2.45) is 0 Å². The van der Waals surface area contributed by atoms with E-state index in [4.69, 9.17) is 24.5 Å². The van der Waals surface area contributed by atoms with Crippen molar-refractivity contribution >= 4 is 28.6 Å². The Kier molecular flexibility index (Phi) is 6.67. The number of morpholine rings is 1. The van der Waals surface area contributed by atoms with E-state index in [1.165, 1.54) is 12.1 Å². The van der Waals surface area contributed by atoms with Crippen molar-refractivity contribution in [1.29, 1.82) is 0 Å². The Hall–Kier alpha value is -3.80. The normalized spacial score (nSPS) is 17.3. The second-order valence-electron chi connectivity index (χ2n) is 10.3. The molecule has 37 heavy (non-hydrogen) atoms. The predicted octanol–water partition coefficient (Wildman–Crippen LogP) is 3.81. The number of benzene rings is 1. The molecular formula is C25H31N7O5. The lowest BCUT2D eigenvalue weighted by atomic mass is 10.1. The van der Waals surface area contributed by atoms with Crippen molar-refractivity contribution in [3.63, 3.8) is 0 Å². The largest absolute Gasteiger partial charge is 0.444 e. The number of fused-ring (bicyclic) bond motifs is 1. The molecule has 196 valence electrons. The molecule has 1 aromatic carbocycles. The third-order valence-corrected chi connectivity index (χ3v) is 6.54. The summed E-state index contributed by atoms with van der Waals surface area (Å²) in [5.74, 6) is 1.26. The molecule has 2 aromatic heterocycles. The van der Waals surface area contributed by atoms with Crippen LogP contribution in [0.3, 0.4) is 0 Å². The highest BCUT2D eigenvalue weighted by molar-refractivity contribution is 5.89. The molecular weight excluding hydrogens is 478 g/mol. The zero-order chi connectivity index (χ0) is 26.2. The van der Waals surface area contributed by atoms with Crippen molar-refractivity contribution in [2.75, 3.05) is 44.3 Å². The molecule has 2 fully saturated rings. The van der Waals surface area contributed by atoms with Gasteiger partial charge >= 0.3 is 6.09 Å². The van der Waals surface area contributed by atoms with E-state index in [1.54, 1.807) is 23.2 Å². The molecule has 0 saturated carbocycles. The number of carbonyl (C=O) groups is 1. The fraction of sp³-hybridized carbons (Fsp3) is 0.520. The Labute approximate surface area is 214 Å². The number of ether oxygens (including phenoxy) is 2. The highest BCUT2D eigenvalue weighted by Gasteiger charge is 2.30. The van der Waals surface area contributed by atoms with Gasteiger partial charge in [-0.1, -0.05) is 0 Å². The number of nitro benzene ring substituents is 1. The molecule has 12 heteroatoms. The Morgan fingerprint density at radius 3 is 2.38 bits per heavy atom. The van der Waals surface area contributed by atoms with E-state index in [9.17, 15) is 14.9 Å². The van der Waals surface area contributed by atoms with Crippen molar-refractivity contribution in [3.8, 4) is 11.4 Å². The number of hydrogen-bond donors (Lipinski definition) is 0. The maximum absolute atomic E-state index is 12.5. The molecule has 3 aromatic rings. The summed E-state index contributed by atoms with van der Waals surface area (Å²) in [7, 11) is 0. The van der Waals surface area contributed by atoms with Crippen LogP contribution in [0.4, 0.5) is 16.3 Å². The van der Waals surface area contributed by atoms with Crippen LogP contribution in [-0.4, -0.2) is 80.7 Å². The second-order valence-corrected chi connectivity index (χ2v) is 10.3. The van der Waals surface area contributed by atoms with Gasteiger partial charge in [-0.3, -0.25) is 10.1 Å². The van der Waals surface area contributed by atoms with Crippen molar-refractivity contribution in [2.45, 2.75) is 45.3 Å². The zero-order valence-electron chi connectivity index (χ0n) is 21.3. The molecule has 1 amide bonds. The second kappa shape index (κ2) is 9.92. The summed E-state index contributed by atoms with van der Waals surface area (Å²) >= 11 is 0. The van der Waals surface area contributed by atoms with Gasteiger partial charge in [-0.2, -0.15) is 5.10 Å². The van der Waals surface area contributed by atoms with Gasteiger partial charge in [-0.25, -0.2) is 19.4 Å². The minimum absolute atomic E-state index is 0.0139. The van der Waals surface area contributed by atoms with E-state index < -0.39 is 10.5 Å². The SMILES string of the molecule is CC(C)(C)OC(=O)N1CCC(n2ncc3c(N4CCOCC4)nc(-c4ccc([N+](=O)[O-])cc4)nc32)CC1. The van der Waals surface area contributed by atoms with Gasteiger partial charge in [0.1, 0.15) is 11.4 Å². The third kappa shape index (κ3) is 5.33. The van der Waals surface area contributed by atoms with E-state index in [0.717, 1.165) is 24.0 Å². The summed E-state index contributed by atoms with van der Waals surface area (Å²) in [6.45, 7) is 9.34. The van der Waals surface area contributed by atoms with Crippen LogP contribution in [0.2, 0.25) is 0 Å². The van der Waals surface area contributed by atoms with Gasteiger partial charge in [0.15, 0.2) is 11.5 Å². The first-order valence-corrected chi connectivity index (χ1v) is 12.5. The van der Waals surface area contributed by atoms with Gasteiger partial charge in [0.05, 0.1) is 35.8 Å². The number of carbonyl (C=O) groups excluding carboxylic acids is 1. The highest BCUT2D eigenvalue weighted by Crippen LogP contribution is 2.32. The summed E-state index contributed by atoms with van der Waals surface area (Å²) < 4.78 is 13.0. The molecule has 0 spiro atoms. The highest BCUT2D eigenvalue weighted by atomic mass is 16.6. The van der Waals surface area contributed by atoms with Gasteiger partial charge in [0.25, 0.3) is 5.69 Å². The molecule has 0 radical (unpaired) electrons. The van der Waals surface area contributed by atoms with Crippen LogP contribution >= 0.6 is 0 Å². The van der Waals surface area contributed by atoms with Crippen LogP contribution in [0.25, 0.3) is 22.4 Å². The summed E-state index contributed by atoms with van der Waals surface area (Å²) in [5, 5.41) is 16.7. The number of hydrogen-bond acceptors (Lipinski definition) is 9. The zero-order valence-corrected chi connectivity index (χ0v) is 21.3. The number of amides is 1. The summed E-state index contributed by atoms with van der Waals surface area (Å²) in [4.78, 5) is 36.8. The van der Waals surface area contributed by atoms with E-state index >= 15 is 0 Å². The number of anilines is 1. The van der Waals surface area contributed by atoms with E-state index in [-0.39, 0.29) is 17.8 Å². The smallest absolute Gasteiger partial charge is 0.410 e. The molecule has 0 atom stereocenters. The lowest BCUT2D eigenvalue weighted by Crippen LogP contribution is -2.42. The molecule has 4 heterocycles. The average molecular weight is 510 g/mol. The molecule has 2 aliphatic heterocycles. The van der Waals surface area contributed by atoms with E-state index in [2.05, 4.69) is 4.90 Å². The molecule has 12 nitrogen and oxygen atoms in total. The standard InChI is InChI=1S/C25H31N7O5/c1-25(2,3)37-24(33)30-10-8-18(9-11-30)31-23-20(16-26-31)22(29-12-14-36-15-13-29)27-21(28-23)17-4-6-19(7-5-17)32(34)35/h4-7,16,18H,8-15H2,1-3H3. The molecule has 0 bridgehead atoms. The Bertz CT molecular complexity index is 1290. The van der Waals surface area contributed by atoms with Crippen molar-refractivity contribution in [1.82, 2.24) is 24.6 Å². The summed E-state index contributed by atoms with van der Waals surface area (Å²) in [5.41, 5.74) is 0.878. The van der Waals surface area contributed by atoms with Crippen LogP contribution in [-0.2, 0) is 9.47 Å². The van der Waals surface area contributed by atoms with Gasteiger partial charge < -0.3 is 19.3 Å². The Morgan fingerprint density at radius 1 is 1.08 bits per heavy atom. The number of non-ortho nitro benzene ring substituents is 1. The third-order valence-electron chi connectivity index (χ3n) is 6.54. The van der Waals surface area contributed by atoms with Crippen LogP contribution in [0, 0.1) is 10.1 Å². The first-order chi connectivity index (χ1) is 17.7. The fourth-order valence-corrected chi connectivity index (χ4v) is 4.68. The van der Waals surface area contributed by atoms with Gasteiger partial charge in [-0.15, -0.1) is 0 Å². The van der Waals surface area contributed by atoms with Gasteiger partial charge in [0, 0.05) is 43.9 Å². The predicted molar refractivity (Wildman–Crippen MR) is 137 cm³/mol. The number of aromatic nitrogens is 4. The van der Waals surface area contributed by atoms with Gasteiger partial charge in [-0.05, 0) is 45.7 Å². The lowest BCUT2D eigenvalue weighted by Gasteiger charge is -2.33. The van der Waals surface area contributed by atoms with Crippen molar-refractivity contribution < 1.29 is 19.2 Å². The van der Waals surface area contributed by atoms with Crippen LogP contribution in [0.15, 0.2) is 30.5 Å². The minimum Gasteiger partial charge on any atom is -0.444 e. The van der Waals surface area contributed by atoms with Crippen LogP contribution in [0.1, 0.15) is 39.7 Å². The van der Waals surface area contributed by atoms with Crippen molar-refractivity contribution in [3.05, 3.63) is 40.6 Å². The summed E-state index contributed by atoms with van der Waals surface area (Å²) in [6, 6.07) is 6.32.